The van der Waals surface area contributed by atoms with E-state index in [-0.39, 0.29) is 17.5 Å². The lowest BCUT2D eigenvalue weighted by Gasteiger charge is -2.28. The fraction of sp³-hybridized carbons (Fsp3) is 0. The van der Waals surface area contributed by atoms with Crippen molar-refractivity contribution < 1.29 is 24.5 Å². The second-order valence-electron chi connectivity index (χ2n) is 21.3. The van der Waals surface area contributed by atoms with Gasteiger partial charge in [-0.3, -0.25) is 0 Å². The maximum Gasteiger partial charge on any atom is 1.20 e. The Morgan fingerprint density at radius 3 is 0.729 bits per heavy atom. The number of benzene rings is 15. The molecule has 0 aliphatic heterocycles. The largest absolute Gasteiger partial charge is 1.20 e. The van der Waals surface area contributed by atoms with E-state index >= 15 is 13.2 Å². The van der Waals surface area contributed by atoms with E-state index in [0.717, 1.165) is 98.0 Å². The Balaban J connectivity index is 1.09. The third-order valence-corrected chi connectivity index (χ3v) is 17.6. The van der Waals surface area contributed by atoms with Gasteiger partial charge in [0, 0.05) is 33.4 Å². The molecule has 0 aliphatic rings. The minimum absolute atomic E-state index is 0.378. The van der Waals surface area contributed by atoms with Crippen LogP contribution in [0.4, 0.5) is 13.2 Å². The van der Waals surface area contributed by atoms with Gasteiger partial charge in [-0.15, -0.1) is 0 Å². The lowest BCUT2D eigenvalue weighted by atomic mass is 9.89. The molecule has 0 N–H and O–H groups in total. The highest BCUT2D eigenvalue weighted by molar-refractivity contribution is 6.41. The Bertz CT molecular complexity index is 4560. The summed E-state index contributed by atoms with van der Waals surface area (Å²) in [6, 6.07) is 94.2. The smallest absolute Gasteiger partial charge is 0.576 e. The average Bonchev–Trinajstić information content (AvgIpc) is 1.89. The molecule has 15 aromatic carbocycles. The first kappa shape index (κ1) is 51.5. The van der Waals surface area contributed by atoms with Gasteiger partial charge in [0.05, 0.1) is 0 Å². The SMILES string of the molecule is Fc1ccc(-c2cc3ccccc3c(-c3cccc4ccccc34)c2[O][Al]([O]c2c(-c3ccc(F)cc3)cc3ccccc3c2-c2cccc3ccccc23)[O]c2c(-c3ccc(F)cc3)cc3ccccc3c2-c2cccc3ccccc23)cc1. The van der Waals surface area contributed by atoms with Crippen molar-refractivity contribution in [1.82, 2.24) is 0 Å². The molecule has 7 heteroatoms. The Labute approximate surface area is 494 Å². The molecule has 0 aliphatic carbocycles. The Kier molecular flexibility index (Phi) is 13.2. The minimum atomic E-state index is -4.00. The topological polar surface area (TPSA) is 27.7 Å². The highest BCUT2D eigenvalue weighted by Crippen LogP contribution is 2.52. The van der Waals surface area contributed by atoms with Gasteiger partial charge < -0.3 is 11.4 Å². The van der Waals surface area contributed by atoms with Gasteiger partial charge in [0.1, 0.15) is 34.7 Å². The summed E-state index contributed by atoms with van der Waals surface area (Å²) in [5.74, 6) is 0.254. The lowest BCUT2D eigenvalue weighted by molar-refractivity contribution is 0.311. The van der Waals surface area contributed by atoms with E-state index in [1.54, 1.807) is 36.4 Å². The second kappa shape index (κ2) is 21.7. The van der Waals surface area contributed by atoms with Crippen molar-refractivity contribution in [3.8, 4) is 84.0 Å². The van der Waals surface area contributed by atoms with Crippen LogP contribution in [0.3, 0.4) is 0 Å². The summed E-state index contributed by atoms with van der Waals surface area (Å²) in [5.41, 5.74) is 9.27. The van der Waals surface area contributed by atoms with Gasteiger partial charge in [-0.05, 0) is 153 Å². The van der Waals surface area contributed by atoms with E-state index in [9.17, 15) is 0 Å². The molecule has 85 heavy (non-hydrogen) atoms. The zero-order valence-corrected chi connectivity index (χ0v) is 46.8. The molecular formula is C78H48AlF3O3. The summed E-state index contributed by atoms with van der Waals surface area (Å²) in [6.07, 6.45) is 0. The number of halogens is 3. The molecule has 0 bridgehead atoms. The molecule has 0 radical (unpaired) electrons. The Morgan fingerprint density at radius 2 is 0.447 bits per heavy atom. The van der Waals surface area contributed by atoms with Crippen molar-refractivity contribution in [3.63, 3.8) is 0 Å². The lowest BCUT2D eigenvalue weighted by Crippen LogP contribution is -2.38. The molecule has 0 atom stereocenters. The Morgan fingerprint density at radius 1 is 0.212 bits per heavy atom. The molecule has 0 saturated carbocycles. The number of hydrogen-bond donors (Lipinski definition) is 0. The van der Waals surface area contributed by atoms with Gasteiger partial charge in [-0.25, -0.2) is 13.2 Å². The summed E-state index contributed by atoms with van der Waals surface area (Å²) < 4.78 is 69.9. The van der Waals surface area contributed by atoms with Crippen molar-refractivity contribution in [2.75, 3.05) is 0 Å². The first-order chi connectivity index (χ1) is 41.9. The maximum absolute atomic E-state index is 15.2. The summed E-state index contributed by atoms with van der Waals surface area (Å²) in [4.78, 5) is 0. The molecule has 0 unspecified atom stereocenters. The van der Waals surface area contributed by atoms with Crippen LogP contribution in [0, 0.1) is 17.5 Å². The predicted molar refractivity (Wildman–Crippen MR) is 344 cm³/mol. The van der Waals surface area contributed by atoms with E-state index in [1.807, 2.05) is 72.8 Å². The quantitative estimate of drug-likeness (QED) is 0.114. The monoisotopic (exact) mass is 1120 g/mol. The molecule has 0 saturated heterocycles. The van der Waals surface area contributed by atoms with Crippen molar-refractivity contribution in [1.29, 1.82) is 0 Å². The molecule has 0 fully saturated rings. The zero-order chi connectivity index (χ0) is 57.0. The van der Waals surface area contributed by atoms with Crippen molar-refractivity contribution in [3.05, 3.63) is 309 Å². The standard InChI is InChI=1S/3C26H17FO.Al/c3*27-20-14-12-18(13-15-20)24-16-19-7-2-4-10-22(19)25(26(24)28)23-11-5-8-17-6-1-3-9-21(17)23;/h3*1-16,28H;/q;;;+3/p-3. The van der Waals surface area contributed by atoms with Crippen LogP contribution < -0.4 is 11.4 Å². The van der Waals surface area contributed by atoms with Crippen LogP contribution in [0.5, 0.6) is 17.2 Å². The molecule has 15 aromatic rings. The van der Waals surface area contributed by atoms with Gasteiger partial charge in [0.25, 0.3) is 0 Å². The zero-order valence-electron chi connectivity index (χ0n) is 45.6. The fourth-order valence-electron chi connectivity index (χ4n) is 12.4. The third kappa shape index (κ3) is 9.47. The van der Waals surface area contributed by atoms with E-state index in [4.69, 9.17) is 11.4 Å². The van der Waals surface area contributed by atoms with E-state index in [1.165, 1.54) is 36.4 Å². The van der Waals surface area contributed by atoms with Crippen molar-refractivity contribution >= 4 is 79.8 Å². The van der Waals surface area contributed by atoms with E-state index in [0.29, 0.717) is 50.6 Å². The number of rotatable bonds is 12. The van der Waals surface area contributed by atoms with Gasteiger partial charge in [0.2, 0.25) is 0 Å². The van der Waals surface area contributed by atoms with Crippen LogP contribution in [0.25, 0.3) is 131 Å². The van der Waals surface area contributed by atoms with E-state index in [2.05, 4.69) is 146 Å². The predicted octanol–water partition coefficient (Wildman–Crippen LogP) is 21.5. The fourth-order valence-corrected chi connectivity index (χ4v) is 13.8. The van der Waals surface area contributed by atoms with Crippen LogP contribution in [-0.2, 0) is 0 Å². The van der Waals surface area contributed by atoms with Gasteiger partial charge >= 0.3 is 15.1 Å². The molecule has 402 valence electrons. The average molecular weight is 1120 g/mol. The highest BCUT2D eigenvalue weighted by Gasteiger charge is 2.48. The summed E-state index contributed by atoms with van der Waals surface area (Å²) in [6.45, 7) is 0. The van der Waals surface area contributed by atoms with Crippen LogP contribution in [-0.4, -0.2) is 15.1 Å². The summed E-state index contributed by atoms with van der Waals surface area (Å²) in [5, 5.41) is 11.6. The van der Waals surface area contributed by atoms with Crippen LogP contribution in [0.2, 0.25) is 0 Å². The van der Waals surface area contributed by atoms with Crippen molar-refractivity contribution in [2.24, 2.45) is 0 Å². The van der Waals surface area contributed by atoms with Gasteiger partial charge in [-0.1, -0.05) is 237 Å². The molecule has 0 heterocycles. The molecule has 0 spiro atoms. The van der Waals surface area contributed by atoms with Gasteiger partial charge in [-0.2, -0.15) is 0 Å². The van der Waals surface area contributed by atoms with Crippen LogP contribution >= 0.6 is 0 Å². The molecule has 0 amide bonds. The number of fused-ring (bicyclic) bond motifs is 6. The second-order valence-corrected chi connectivity index (χ2v) is 22.6. The summed E-state index contributed by atoms with van der Waals surface area (Å²) >= 11 is -4.00. The summed E-state index contributed by atoms with van der Waals surface area (Å²) in [7, 11) is 0. The van der Waals surface area contributed by atoms with Crippen LogP contribution in [0.1, 0.15) is 0 Å². The van der Waals surface area contributed by atoms with Crippen LogP contribution in [0.15, 0.2) is 291 Å². The molecule has 0 aromatic heterocycles. The first-order valence-electron chi connectivity index (χ1n) is 28.3. The maximum atomic E-state index is 15.2. The highest BCUT2D eigenvalue weighted by atomic mass is 27.3. The minimum Gasteiger partial charge on any atom is -0.576 e. The molecular weight excluding hydrogens is 1070 g/mol. The number of hydrogen-bond acceptors (Lipinski definition) is 3. The molecule has 15 rings (SSSR count). The first-order valence-corrected chi connectivity index (χ1v) is 29.7. The normalized spacial score (nSPS) is 11.5. The Hall–Kier alpha value is -10.4. The third-order valence-electron chi connectivity index (χ3n) is 16.3. The molecule has 3 nitrogen and oxygen atoms in total. The van der Waals surface area contributed by atoms with Gasteiger partial charge in [0.15, 0.2) is 0 Å². The van der Waals surface area contributed by atoms with Crippen molar-refractivity contribution in [2.45, 2.75) is 0 Å². The van der Waals surface area contributed by atoms with E-state index < -0.39 is 15.1 Å².